The van der Waals surface area contributed by atoms with Crippen molar-refractivity contribution in [2.45, 2.75) is 182 Å². The van der Waals surface area contributed by atoms with Gasteiger partial charge in [-0.2, -0.15) is 0 Å². The molecule has 0 bridgehead atoms. The second-order valence-electron chi connectivity index (χ2n) is 33.7. The summed E-state index contributed by atoms with van der Waals surface area (Å²) >= 11 is 0. The van der Waals surface area contributed by atoms with E-state index in [0.717, 1.165) is 160 Å². The number of aldehydes is 2. The van der Waals surface area contributed by atoms with Gasteiger partial charge in [0, 0.05) is 137 Å². The quantitative estimate of drug-likeness (QED) is 0.0302. The molecule has 2 unspecified atom stereocenters. The summed E-state index contributed by atoms with van der Waals surface area (Å²) in [6.07, 6.45) is 29.0. The molecule has 12 heterocycles. The van der Waals surface area contributed by atoms with Crippen LogP contribution in [0, 0.1) is 0 Å². The highest BCUT2D eigenvalue weighted by Gasteiger charge is 2.25. The SMILES string of the molecule is CC.CC(=O)c1nccc2c1oc1ccccc12.CC(=O)c1nccc2c1oc1ccccc12.CC(C)(C)OC(=O)NCCCCNC1CCCc2cccnc21.CC(C)(C)OC(=O)NCCCCNC1CCCc2cccnc21.Cl.NCCc1coc2ccccc12.O=C1CCCc2cccnc21.O=Cc1nccc2c1oc1ccccc12.O=Cc1nccc2c1oc1ccccc12. The summed E-state index contributed by atoms with van der Waals surface area (Å²) in [5.74, 6) is 0.0427. The molecule has 6 N–H and O–H groups in total. The second kappa shape index (κ2) is 49.4. The van der Waals surface area contributed by atoms with Crippen molar-refractivity contribution in [3.8, 4) is 0 Å². The number of nitrogens with zero attached hydrogens (tertiary/aromatic N) is 7. The van der Waals surface area contributed by atoms with E-state index < -0.39 is 11.2 Å². The van der Waals surface area contributed by atoms with Gasteiger partial charge in [-0.25, -0.2) is 29.5 Å². The second-order valence-corrected chi connectivity index (χ2v) is 33.7. The number of fused-ring (bicyclic) bond motifs is 16. The van der Waals surface area contributed by atoms with E-state index in [4.69, 9.17) is 37.3 Å². The van der Waals surface area contributed by atoms with Gasteiger partial charge in [0.05, 0.1) is 17.7 Å². The maximum Gasteiger partial charge on any atom is 0.407 e. The Balaban J connectivity index is 0.000000148. The van der Waals surface area contributed by atoms with Gasteiger partial charge in [-0.3, -0.25) is 38.9 Å². The third kappa shape index (κ3) is 27.1. The largest absolute Gasteiger partial charge is 0.464 e. The number of carbonyl (C=O) groups is 7. The Labute approximate surface area is 784 Å². The molecule has 0 spiro atoms. The molecule has 134 heavy (non-hydrogen) atoms. The summed E-state index contributed by atoms with van der Waals surface area (Å²) in [5, 5.41) is 21.8. The summed E-state index contributed by atoms with van der Waals surface area (Å²) in [7, 11) is 0. The number of benzene rings is 5. The van der Waals surface area contributed by atoms with Crippen LogP contribution in [0.2, 0.25) is 0 Å². The van der Waals surface area contributed by atoms with Gasteiger partial charge in [0.2, 0.25) is 0 Å². The number of rotatable bonds is 18. The zero-order valence-electron chi connectivity index (χ0n) is 77.5. The number of Topliss-reactive ketones (excluding diaryl/α,β-unsaturated/α-hetero) is 3. The van der Waals surface area contributed by atoms with Crippen molar-refractivity contribution in [1.82, 2.24) is 56.2 Å². The molecule has 20 rings (SSSR count). The normalized spacial score (nSPS) is 13.4. The van der Waals surface area contributed by atoms with Crippen molar-refractivity contribution in [2.75, 3.05) is 32.7 Å². The standard InChI is InChI=1S/2C18H29N3O2.2C13H9NO2.2C12H7NO2.C10H11NO.C9H9NO.C2H6.ClH/c2*1-18(2,3)23-17(22)21-12-5-4-11-19-15-10-6-8-14-9-7-13-20-16(14)15;2*1-8(15)12-13-10(6-7-14-12)9-4-2-3-5-11(9)16-13;2*14-7-10-12-9(5-6-13-10)8-3-1-2-4-11(8)15-12;11-6-5-8-7-12-10-4-2-1-3-9(8)10;11-8-5-1-3-7-4-2-6-10-9(7)8;1-2;/h2*7,9,13,15,19H,4-6,8,10-12H2,1-3H3,(H,21,22);2*2-7H,1H3;2*1-7H;1-4,7H,5-6,11H2;2,4,6H,1,3,5H2;1-2H3;1H. The van der Waals surface area contributed by atoms with E-state index in [0.29, 0.717) is 102 Å². The molecular weight excluding hydrogens is 1710 g/mol. The van der Waals surface area contributed by atoms with E-state index in [1.165, 1.54) is 60.2 Å². The number of unbranched alkanes of at least 4 members (excludes halogenated alkanes) is 2. The van der Waals surface area contributed by atoms with Crippen molar-refractivity contribution < 1.29 is 65.1 Å². The molecule has 0 saturated carbocycles. The minimum atomic E-state index is -0.437. The highest BCUT2D eigenvalue weighted by molar-refractivity contribution is 6.14. The van der Waals surface area contributed by atoms with Gasteiger partial charge < -0.3 is 58.6 Å². The summed E-state index contributed by atoms with van der Waals surface area (Å²) < 4.78 is 38.2. The molecule has 2 amide bonds. The van der Waals surface area contributed by atoms with Crippen LogP contribution in [0.25, 0.3) is 98.7 Å². The number of halogens is 1. The first-order valence-corrected chi connectivity index (χ1v) is 45.4. The number of nitrogens with two attached hydrogens (primary N) is 1. The van der Waals surface area contributed by atoms with Crippen LogP contribution in [0.1, 0.15) is 232 Å². The van der Waals surface area contributed by atoms with Gasteiger partial charge in [0.15, 0.2) is 52.3 Å². The molecule has 0 radical (unpaired) electrons. The van der Waals surface area contributed by atoms with E-state index in [1.807, 2.05) is 232 Å². The van der Waals surface area contributed by atoms with Gasteiger partial charge in [0.1, 0.15) is 67.6 Å². The van der Waals surface area contributed by atoms with Crippen LogP contribution >= 0.6 is 12.4 Å². The Bertz CT molecular complexity index is 6470. The van der Waals surface area contributed by atoms with Crippen LogP contribution in [-0.2, 0) is 35.2 Å². The Morgan fingerprint density at radius 2 is 0.769 bits per heavy atom. The molecule has 17 aromatic rings. The fourth-order valence-electron chi connectivity index (χ4n) is 15.8. The van der Waals surface area contributed by atoms with Gasteiger partial charge in [-0.1, -0.05) is 123 Å². The Morgan fingerprint density at radius 3 is 1.16 bits per heavy atom. The smallest absolute Gasteiger partial charge is 0.407 e. The number of pyridine rings is 7. The summed E-state index contributed by atoms with van der Waals surface area (Å²) in [5.41, 5.74) is 20.6. The Kier molecular flexibility index (Phi) is 37.1. The van der Waals surface area contributed by atoms with Crippen molar-refractivity contribution in [1.29, 1.82) is 0 Å². The zero-order chi connectivity index (χ0) is 94.2. The first kappa shape index (κ1) is 101. The third-order valence-corrected chi connectivity index (χ3v) is 21.8. The highest BCUT2D eigenvalue weighted by Crippen LogP contribution is 2.36. The predicted octanol–water partition coefficient (Wildman–Crippen LogP) is 23.6. The number of ketones is 3. The number of aryl methyl sites for hydroxylation is 3. The Hall–Kier alpha value is -14.1. The van der Waals surface area contributed by atoms with Crippen molar-refractivity contribution in [3.05, 3.63) is 294 Å². The maximum atomic E-state index is 11.5. The van der Waals surface area contributed by atoms with Crippen LogP contribution < -0.4 is 27.0 Å². The van der Waals surface area contributed by atoms with E-state index in [9.17, 15) is 33.6 Å². The lowest BCUT2D eigenvalue weighted by atomic mass is 9.92. The number of furan rings is 5. The summed E-state index contributed by atoms with van der Waals surface area (Å²) in [4.78, 5) is 108. The summed E-state index contributed by atoms with van der Waals surface area (Å²) in [6.45, 7) is 22.0. The molecular formula is C107H117ClN12O14. The molecule has 3 aliphatic rings. The summed E-state index contributed by atoms with van der Waals surface area (Å²) in [6, 6.07) is 59.3. The van der Waals surface area contributed by atoms with E-state index in [-0.39, 0.29) is 41.9 Å². The number of alkyl carbamates (subject to hydrolysis) is 2. The van der Waals surface area contributed by atoms with Gasteiger partial charge in [-0.05, 0) is 240 Å². The average Bonchev–Trinajstić information content (AvgIpc) is 1.65. The number of para-hydroxylation sites is 5. The first-order valence-electron chi connectivity index (χ1n) is 45.4. The number of hydrogen-bond donors (Lipinski definition) is 5. The van der Waals surface area contributed by atoms with Crippen molar-refractivity contribution in [3.63, 3.8) is 0 Å². The van der Waals surface area contributed by atoms with Crippen LogP contribution in [0.4, 0.5) is 9.59 Å². The van der Waals surface area contributed by atoms with Crippen LogP contribution in [0.5, 0.6) is 0 Å². The molecule has 26 nitrogen and oxygen atoms in total. The van der Waals surface area contributed by atoms with Crippen molar-refractivity contribution >= 4 is 153 Å². The van der Waals surface area contributed by atoms with Gasteiger partial charge >= 0.3 is 12.2 Å². The van der Waals surface area contributed by atoms with Crippen LogP contribution in [-0.4, -0.2) is 121 Å². The number of carbonyl (C=O) groups excluding carboxylic acids is 7. The fourth-order valence-corrected chi connectivity index (χ4v) is 15.8. The predicted molar refractivity (Wildman–Crippen MR) is 529 cm³/mol. The molecule has 27 heteroatoms. The van der Waals surface area contributed by atoms with Gasteiger partial charge in [-0.15, -0.1) is 12.4 Å². The number of amides is 2. The lowest BCUT2D eigenvalue weighted by Gasteiger charge is -2.25. The molecule has 0 saturated heterocycles. The molecule has 0 aliphatic heterocycles. The number of aromatic nitrogens is 7. The molecule has 12 aromatic heterocycles. The Morgan fingerprint density at radius 1 is 0.410 bits per heavy atom. The minimum Gasteiger partial charge on any atom is -0.464 e. The molecule has 5 aromatic carbocycles. The molecule has 696 valence electrons. The van der Waals surface area contributed by atoms with Gasteiger partial charge in [0.25, 0.3) is 0 Å². The molecule has 2 atom stereocenters. The van der Waals surface area contributed by atoms with E-state index >= 15 is 0 Å². The monoisotopic (exact) mass is 1830 g/mol. The molecule has 3 aliphatic carbocycles. The zero-order valence-corrected chi connectivity index (χ0v) is 78.3. The number of nitrogens with one attached hydrogen (secondary N) is 4. The molecule has 0 fully saturated rings. The lowest BCUT2D eigenvalue weighted by molar-refractivity contribution is 0.0515. The lowest BCUT2D eigenvalue weighted by Crippen LogP contribution is -2.33. The van der Waals surface area contributed by atoms with Crippen molar-refractivity contribution in [2.24, 2.45) is 5.73 Å². The third-order valence-electron chi connectivity index (χ3n) is 21.8. The first-order chi connectivity index (χ1) is 64.5. The van der Waals surface area contributed by atoms with E-state index in [1.54, 1.807) is 37.2 Å². The number of hydrogen-bond acceptors (Lipinski definition) is 24. The average molecular weight is 1830 g/mol. The van der Waals surface area contributed by atoms with Crippen LogP contribution in [0.15, 0.2) is 254 Å². The minimum absolute atomic E-state index is 0. The van der Waals surface area contributed by atoms with Crippen LogP contribution in [0.3, 0.4) is 0 Å². The topological polar surface area (TPSA) is 368 Å². The number of ether oxygens (including phenoxy) is 2. The fraction of sp³-hybridized carbons (Fsp3) is 0.308. The highest BCUT2D eigenvalue weighted by atomic mass is 35.5. The maximum absolute atomic E-state index is 11.5. The van der Waals surface area contributed by atoms with E-state index in [2.05, 4.69) is 74.4 Å².